The summed E-state index contributed by atoms with van der Waals surface area (Å²) in [5, 5.41) is 0. The van der Waals surface area contributed by atoms with Crippen LogP contribution in [-0.4, -0.2) is 60.9 Å². The van der Waals surface area contributed by atoms with E-state index in [4.69, 9.17) is 11.5 Å². The molecule has 122 valence electrons. The zero-order valence-electron chi connectivity index (χ0n) is 12.5. The summed E-state index contributed by atoms with van der Waals surface area (Å²) in [4.78, 5) is 27.6. The van der Waals surface area contributed by atoms with Gasteiger partial charge >= 0.3 is 0 Å². The lowest BCUT2D eigenvalue weighted by atomic mass is 9.97. The lowest BCUT2D eigenvalue weighted by molar-refractivity contribution is -0.136. The van der Waals surface area contributed by atoms with E-state index in [1.807, 2.05) is 0 Å². The summed E-state index contributed by atoms with van der Waals surface area (Å²) >= 11 is 0. The maximum atomic E-state index is 12.3. The first-order chi connectivity index (χ1) is 9.60. The van der Waals surface area contributed by atoms with Crippen molar-refractivity contribution < 1.29 is 9.59 Å². The Bertz CT molecular complexity index is 367. The Morgan fingerprint density at radius 3 is 2.48 bits per heavy atom. The molecule has 4 N–H and O–H groups in total. The molecule has 2 aliphatic rings. The van der Waals surface area contributed by atoms with Crippen LogP contribution in [0.1, 0.15) is 25.7 Å². The molecular weight excluding hydrogens is 292 g/mol. The Morgan fingerprint density at radius 2 is 1.81 bits per heavy atom. The number of carbonyl (C=O) groups is 2. The molecular formula is C14H27ClN4O2. The average Bonchev–Trinajstić information content (AvgIpc) is 2.47. The summed E-state index contributed by atoms with van der Waals surface area (Å²) in [5.41, 5.74) is 11.1. The average molecular weight is 319 g/mol. The van der Waals surface area contributed by atoms with Gasteiger partial charge in [-0.1, -0.05) is 0 Å². The minimum absolute atomic E-state index is 0. The van der Waals surface area contributed by atoms with Gasteiger partial charge in [-0.3, -0.25) is 14.5 Å². The van der Waals surface area contributed by atoms with E-state index in [-0.39, 0.29) is 30.1 Å². The van der Waals surface area contributed by atoms with E-state index in [2.05, 4.69) is 4.90 Å². The summed E-state index contributed by atoms with van der Waals surface area (Å²) in [7, 11) is 0. The van der Waals surface area contributed by atoms with E-state index in [9.17, 15) is 9.59 Å². The monoisotopic (exact) mass is 318 g/mol. The Morgan fingerprint density at radius 1 is 1.10 bits per heavy atom. The van der Waals surface area contributed by atoms with Crippen molar-refractivity contribution in [3.63, 3.8) is 0 Å². The molecule has 0 aliphatic carbocycles. The van der Waals surface area contributed by atoms with Crippen molar-refractivity contribution in [1.82, 2.24) is 9.80 Å². The van der Waals surface area contributed by atoms with Gasteiger partial charge in [-0.05, 0) is 44.7 Å². The maximum absolute atomic E-state index is 12.3. The highest BCUT2D eigenvalue weighted by molar-refractivity contribution is 5.85. The highest BCUT2D eigenvalue weighted by Gasteiger charge is 2.28. The van der Waals surface area contributed by atoms with Crippen LogP contribution in [0.2, 0.25) is 0 Å². The normalized spacial score (nSPS) is 27.0. The number of likely N-dealkylation sites (tertiary alicyclic amines) is 2. The maximum Gasteiger partial charge on any atom is 0.236 e. The van der Waals surface area contributed by atoms with Gasteiger partial charge in [-0.2, -0.15) is 0 Å². The van der Waals surface area contributed by atoms with Crippen LogP contribution in [0.15, 0.2) is 0 Å². The molecule has 0 bridgehead atoms. The number of hydrogen-bond donors (Lipinski definition) is 2. The summed E-state index contributed by atoms with van der Waals surface area (Å²) in [5.74, 6) is 0.166. The molecule has 2 unspecified atom stereocenters. The summed E-state index contributed by atoms with van der Waals surface area (Å²) in [6.07, 6.45) is 3.94. The van der Waals surface area contributed by atoms with Gasteiger partial charge in [0, 0.05) is 19.6 Å². The van der Waals surface area contributed by atoms with Crippen molar-refractivity contribution in [2.24, 2.45) is 23.3 Å². The molecule has 2 amide bonds. The number of rotatable bonds is 4. The van der Waals surface area contributed by atoms with Crippen LogP contribution >= 0.6 is 12.4 Å². The first kappa shape index (κ1) is 18.2. The Labute approximate surface area is 132 Å². The summed E-state index contributed by atoms with van der Waals surface area (Å²) < 4.78 is 0. The largest absolute Gasteiger partial charge is 0.369 e. The zero-order valence-corrected chi connectivity index (χ0v) is 13.3. The smallest absolute Gasteiger partial charge is 0.236 e. The lowest BCUT2D eigenvalue weighted by Crippen LogP contribution is -2.49. The number of nitrogens with zero attached hydrogens (tertiary/aromatic N) is 2. The van der Waals surface area contributed by atoms with E-state index < -0.39 is 0 Å². The second-order valence-corrected chi connectivity index (χ2v) is 6.06. The SMILES string of the molecule is Cl.NCC1CCCN(CC(=O)N2CCCC(C(N)=O)C2)C1. The van der Waals surface area contributed by atoms with Crippen LogP contribution in [0.25, 0.3) is 0 Å². The second-order valence-electron chi connectivity index (χ2n) is 6.06. The molecule has 2 saturated heterocycles. The molecule has 2 atom stereocenters. The van der Waals surface area contributed by atoms with Gasteiger partial charge in [-0.25, -0.2) is 0 Å². The predicted octanol–water partition coefficient (Wildman–Crippen LogP) is -0.197. The van der Waals surface area contributed by atoms with Crippen LogP contribution < -0.4 is 11.5 Å². The minimum atomic E-state index is -0.288. The predicted molar refractivity (Wildman–Crippen MR) is 84.0 cm³/mol. The van der Waals surface area contributed by atoms with Crippen LogP contribution in [0.4, 0.5) is 0 Å². The van der Waals surface area contributed by atoms with E-state index in [1.54, 1.807) is 4.90 Å². The molecule has 2 heterocycles. The van der Waals surface area contributed by atoms with Crippen LogP contribution in [0.3, 0.4) is 0 Å². The molecule has 21 heavy (non-hydrogen) atoms. The van der Waals surface area contributed by atoms with Crippen molar-refractivity contribution in [3.05, 3.63) is 0 Å². The molecule has 0 aromatic heterocycles. The number of hydrogen-bond acceptors (Lipinski definition) is 4. The van der Waals surface area contributed by atoms with Gasteiger partial charge < -0.3 is 16.4 Å². The molecule has 2 rings (SSSR count). The number of carbonyl (C=O) groups excluding carboxylic acids is 2. The lowest BCUT2D eigenvalue weighted by Gasteiger charge is -2.35. The van der Waals surface area contributed by atoms with Crippen LogP contribution in [-0.2, 0) is 9.59 Å². The third-order valence-electron chi connectivity index (χ3n) is 4.47. The first-order valence-corrected chi connectivity index (χ1v) is 7.59. The summed E-state index contributed by atoms with van der Waals surface area (Å²) in [6, 6.07) is 0. The third kappa shape index (κ3) is 5.13. The molecule has 0 aromatic carbocycles. The number of amides is 2. The van der Waals surface area contributed by atoms with Crippen molar-refractivity contribution in [2.45, 2.75) is 25.7 Å². The highest BCUT2D eigenvalue weighted by Crippen LogP contribution is 2.18. The fourth-order valence-corrected chi connectivity index (χ4v) is 3.21. The van der Waals surface area contributed by atoms with Crippen LogP contribution in [0, 0.1) is 11.8 Å². The topological polar surface area (TPSA) is 92.7 Å². The molecule has 0 saturated carbocycles. The third-order valence-corrected chi connectivity index (χ3v) is 4.47. The fraction of sp³-hybridized carbons (Fsp3) is 0.857. The fourth-order valence-electron chi connectivity index (χ4n) is 3.21. The number of primary amides is 1. The standard InChI is InChI=1S/C14H26N4O2.ClH/c15-7-11-3-1-5-17(8-11)10-13(19)18-6-2-4-12(9-18)14(16)20;/h11-12H,1-10,15H2,(H2,16,20);1H. The highest BCUT2D eigenvalue weighted by atomic mass is 35.5. The molecule has 6 nitrogen and oxygen atoms in total. The molecule has 0 radical (unpaired) electrons. The van der Waals surface area contributed by atoms with Crippen molar-refractivity contribution >= 4 is 24.2 Å². The molecule has 0 aromatic rings. The minimum Gasteiger partial charge on any atom is -0.369 e. The van der Waals surface area contributed by atoms with E-state index in [0.29, 0.717) is 25.6 Å². The number of nitrogens with two attached hydrogens (primary N) is 2. The first-order valence-electron chi connectivity index (χ1n) is 7.59. The molecule has 7 heteroatoms. The quantitative estimate of drug-likeness (QED) is 0.751. The summed E-state index contributed by atoms with van der Waals surface area (Å²) in [6.45, 7) is 4.25. The van der Waals surface area contributed by atoms with Crippen molar-refractivity contribution in [1.29, 1.82) is 0 Å². The zero-order chi connectivity index (χ0) is 14.5. The second kappa shape index (κ2) is 8.56. The van der Waals surface area contributed by atoms with E-state index >= 15 is 0 Å². The van der Waals surface area contributed by atoms with Crippen LogP contribution in [0.5, 0.6) is 0 Å². The molecule has 0 spiro atoms. The van der Waals surface area contributed by atoms with Gasteiger partial charge in [0.25, 0.3) is 0 Å². The van der Waals surface area contributed by atoms with Gasteiger partial charge in [0.2, 0.25) is 11.8 Å². The van der Waals surface area contributed by atoms with Crippen molar-refractivity contribution in [2.75, 3.05) is 39.3 Å². The number of piperidine rings is 2. The van der Waals surface area contributed by atoms with Gasteiger partial charge in [-0.15, -0.1) is 12.4 Å². The van der Waals surface area contributed by atoms with E-state index in [1.165, 1.54) is 0 Å². The van der Waals surface area contributed by atoms with E-state index in [0.717, 1.165) is 45.3 Å². The Balaban J connectivity index is 0.00000220. The van der Waals surface area contributed by atoms with Crippen molar-refractivity contribution in [3.8, 4) is 0 Å². The Kier molecular flexibility index (Phi) is 7.42. The van der Waals surface area contributed by atoms with Gasteiger partial charge in [0.05, 0.1) is 12.5 Å². The number of halogens is 1. The van der Waals surface area contributed by atoms with Gasteiger partial charge in [0.15, 0.2) is 0 Å². The Hall–Kier alpha value is -0.850. The molecule has 2 aliphatic heterocycles. The molecule has 2 fully saturated rings. The van der Waals surface area contributed by atoms with Gasteiger partial charge in [0.1, 0.15) is 0 Å².